The lowest BCUT2D eigenvalue weighted by molar-refractivity contribution is -0.142. The van der Waals surface area contributed by atoms with Gasteiger partial charge in [-0.25, -0.2) is 9.18 Å². The fourth-order valence-corrected chi connectivity index (χ4v) is 4.21. The van der Waals surface area contributed by atoms with Gasteiger partial charge < -0.3 is 9.64 Å². The number of alkyl halides is 3. The van der Waals surface area contributed by atoms with Gasteiger partial charge in [-0.3, -0.25) is 9.89 Å². The van der Waals surface area contributed by atoms with Crippen LogP contribution in [0.15, 0.2) is 23.9 Å². The predicted octanol–water partition coefficient (Wildman–Crippen LogP) is 5.38. The molecule has 0 spiro atoms. The average molecular weight is 481 g/mol. The molecule has 2 aromatic rings. The monoisotopic (exact) mass is 481 g/mol. The number of hydrogen-bond donors (Lipinski definition) is 1. The van der Waals surface area contributed by atoms with E-state index in [1.54, 1.807) is 34.6 Å². The van der Waals surface area contributed by atoms with Gasteiger partial charge in [-0.2, -0.15) is 18.3 Å². The van der Waals surface area contributed by atoms with Crippen molar-refractivity contribution in [2.45, 2.75) is 65.7 Å². The Morgan fingerprint density at radius 1 is 1.26 bits per heavy atom. The number of ether oxygens (including phenoxy) is 1. The van der Waals surface area contributed by atoms with Crippen LogP contribution in [-0.4, -0.2) is 39.6 Å². The summed E-state index contributed by atoms with van der Waals surface area (Å²) >= 11 is 0. The van der Waals surface area contributed by atoms with E-state index >= 15 is 0 Å². The summed E-state index contributed by atoms with van der Waals surface area (Å²) in [5, 5.41) is 5.94. The van der Waals surface area contributed by atoms with Crippen molar-refractivity contribution in [2.24, 2.45) is 0 Å². The third-order valence-electron chi connectivity index (χ3n) is 5.66. The Balaban J connectivity index is 2.31. The van der Waals surface area contributed by atoms with Crippen molar-refractivity contribution in [1.82, 2.24) is 15.1 Å². The quantitative estimate of drug-likeness (QED) is 0.470. The number of carbonyl (C=O) groups excluding carboxylic acids is 2. The molecule has 6 nitrogen and oxygen atoms in total. The number of nitrogens with zero attached hydrogens (tertiary/aromatic N) is 2. The highest BCUT2D eigenvalue weighted by Gasteiger charge is 2.47. The Kier molecular flexibility index (Phi) is 6.65. The van der Waals surface area contributed by atoms with Gasteiger partial charge in [0.2, 0.25) is 0 Å². The maximum Gasteiger partial charge on any atom is 0.433 e. The normalized spacial score (nSPS) is 15.9. The van der Waals surface area contributed by atoms with Crippen molar-refractivity contribution in [2.75, 3.05) is 6.54 Å². The lowest BCUT2D eigenvalue weighted by atomic mass is 9.81. The largest absolute Gasteiger partial charge is 0.459 e. The van der Waals surface area contributed by atoms with Gasteiger partial charge in [0.1, 0.15) is 22.8 Å². The summed E-state index contributed by atoms with van der Waals surface area (Å²) < 4.78 is 60.8. The van der Waals surface area contributed by atoms with Crippen molar-refractivity contribution >= 4 is 17.4 Å². The zero-order valence-electron chi connectivity index (χ0n) is 19.9. The van der Waals surface area contributed by atoms with Gasteiger partial charge in [0.25, 0.3) is 5.91 Å². The van der Waals surface area contributed by atoms with Crippen LogP contribution in [-0.2, 0) is 21.1 Å². The maximum absolute atomic E-state index is 13.9. The number of amides is 1. The van der Waals surface area contributed by atoms with Crippen molar-refractivity contribution in [3.05, 3.63) is 57.8 Å². The van der Waals surface area contributed by atoms with E-state index in [-0.39, 0.29) is 46.6 Å². The number of nitrogens with one attached hydrogen (secondary N) is 1. The van der Waals surface area contributed by atoms with E-state index in [0.29, 0.717) is 0 Å². The number of allylic oxidation sites excluding steroid dienone is 1. The minimum atomic E-state index is -4.76. The number of aryl methyl sites for hydroxylation is 1. The van der Waals surface area contributed by atoms with Crippen LogP contribution in [0.3, 0.4) is 0 Å². The minimum Gasteiger partial charge on any atom is -0.459 e. The number of hydrogen-bond acceptors (Lipinski definition) is 4. The third kappa shape index (κ3) is 4.58. The number of aromatic amines is 1. The summed E-state index contributed by atoms with van der Waals surface area (Å²) in [5.74, 6) is -1.93. The van der Waals surface area contributed by atoms with Crippen LogP contribution in [0.2, 0.25) is 0 Å². The van der Waals surface area contributed by atoms with Crippen molar-refractivity contribution < 1.29 is 31.9 Å². The second kappa shape index (κ2) is 8.88. The van der Waals surface area contributed by atoms with Crippen LogP contribution in [0.25, 0.3) is 5.57 Å². The molecular formula is C24H27F4N3O3. The van der Waals surface area contributed by atoms with Gasteiger partial charge >= 0.3 is 12.1 Å². The summed E-state index contributed by atoms with van der Waals surface area (Å²) in [4.78, 5) is 28.0. The molecule has 0 radical (unpaired) electrons. The fraction of sp³-hybridized carbons (Fsp3) is 0.458. The molecule has 1 aromatic carbocycles. The molecule has 0 saturated heterocycles. The number of benzene rings is 1. The Morgan fingerprint density at radius 3 is 2.44 bits per heavy atom. The van der Waals surface area contributed by atoms with Crippen LogP contribution in [0.5, 0.6) is 0 Å². The van der Waals surface area contributed by atoms with Gasteiger partial charge in [-0.05, 0) is 51.0 Å². The molecule has 0 atom stereocenters. The number of aromatic nitrogens is 2. The molecule has 3 rings (SSSR count). The molecule has 0 bridgehead atoms. The Labute approximate surface area is 195 Å². The second-order valence-corrected chi connectivity index (χ2v) is 9.19. The van der Waals surface area contributed by atoms with Gasteiger partial charge in [0, 0.05) is 28.8 Å². The Hall–Kier alpha value is -3.17. The van der Waals surface area contributed by atoms with Crippen molar-refractivity contribution in [3.8, 4) is 0 Å². The molecule has 10 heteroatoms. The first-order chi connectivity index (χ1) is 15.7. The number of rotatable bonds is 4. The summed E-state index contributed by atoms with van der Waals surface area (Å²) in [6, 6.07) is 3.83. The lowest BCUT2D eigenvalue weighted by Gasteiger charge is -2.33. The molecule has 34 heavy (non-hydrogen) atoms. The molecular weight excluding hydrogens is 454 g/mol. The Bertz CT molecular complexity index is 1160. The van der Waals surface area contributed by atoms with E-state index in [0.717, 1.165) is 6.07 Å². The highest BCUT2D eigenvalue weighted by Crippen LogP contribution is 2.44. The summed E-state index contributed by atoms with van der Waals surface area (Å²) in [5.41, 5.74) is -2.36. The smallest absolute Gasteiger partial charge is 0.433 e. The highest BCUT2D eigenvalue weighted by atomic mass is 19.4. The topological polar surface area (TPSA) is 75.3 Å². The van der Waals surface area contributed by atoms with Gasteiger partial charge in [0.15, 0.2) is 0 Å². The SMILES string of the molecule is CCC1=C(C(=O)OC(C)C)c2n[nH]c(C(F)(F)F)c2C(C)(C)CN1C(=O)c1ccc(F)c(C)c1. The molecule has 1 aliphatic rings. The molecule has 0 aliphatic carbocycles. The van der Waals surface area contributed by atoms with Gasteiger partial charge in [-0.1, -0.05) is 20.8 Å². The van der Waals surface area contributed by atoms with E-state index < -0.39 is 41.1 Å². The van der Waals surface area contributed by atoms with Crippen LogP contribution in [0.4, 0.5) is 17.6 Å². The van der Waals surface area contributed by atoms with Crippen LogP contribution < -0.4 is 0 Å². The molecule has 1 aliphatic heterocycles. The zero-order chi connectivity index (χ0) is 25.6. The molecule has 1 aromatic heterocycles. The van der Waals surface area contributed by atoms with E-state index in [9.17, 15) is 27.2 Å². The van der Waals surface area contributed by atoms with Crippen LogP contribution >= 0.6 is 0 Å². The standard InChI is InChI=1S/C24H27F4N3O3/c1-7-16-17(22(33)34-12(2)3)19-18(20(30-29-19)24(26,27)28)23(5,6)11-31(16)21(32)14-8-9-15(25)13(4)10-14/h8-10,12H,7,11H2,1-6H3,(H,29,30). The molecule has 0 fully saturated rings. The van der Waals surface area contributed by atoms with E-state index in [1.165, 1.54) is 24.0 Å². The summed E-state index contributed by atoms with van der Waals surface area (Å²) in [6.07, 6.45) is -5.18. The Morgan fingerprint density at radius 2 is 1.91 bits per heavy atom. The minimum absolute atomic E-state index is 0.137. The van der Waals surface area contributed by atoms with Gasteiger partial charge in [-0.15, -0.1) is 0 Å². The van der Waals surface area contributed by atoms with E-state index in [1.807, 2.05) is 5.10 Å². The maximum atomic E-state index is 13.9. The second-order valence-electron chi connectivity index (χ2n) is 9.19. The van der Waals surface area contributed by atoms with Crippen molar-refractivity contribution in [3.63, 3.8) is 0 Å². The summed E-state index contributed by atoms with van der Waals surface area (Å²) in [6.45, 7) is 9.35. The number of esters is 1. The third-order valence-corrected chi connectivity index (χ3v) is 5.66. The molecule has 184 valence electrons. The number of H-pyrrole nitrogens is 1. The molecule has 2 heterocycles. The van der Waals surface area contributed by atoms with E-state index in [2.05, 4.69) is 5.10 Å². The number of carbonyl (C=O) groups is 2. The average Bonchev–Trinajstić information content (AvgIpc) is 3.14. The van der Waals surface area contributed by atoms with Crippen LogP contribution in [0, 0.1) is 12.7 Å². The van der Waals surface area contributed by atoms with Crippen molar-refractivity contribution in [1.29, 1.82) is 0 Å². The first kappa shape index (κ1) is 25.5. The van der Waals surface area contributed by atoms with E-state index in [4.69, 9.17) is 4.74 Å². The predicted molar refractivity (Wildman–Crippen MR) is 117 cm³/mol. The molecule has 1 N–H and O–H groups in total. The highest BCUT2D eigenvalue weighted by molar-refractivity contribution is 6.18. The lowest BCUT2D eigenvalue weighted by Crippen LogP contribution is -2.40. The fourth-order valence-electron chi connectivity index (χ4n) is 4.21. The first-order valence-corrected chi connectivity index (χ1v) is 10.9. The molecule has 1 amide bonds. The summed E-state index contributed by atoms with van der Waals surface area (Å²) in [7, 11) is 0. The first-order valence-electron chi connectivity index (χ1n) is 10.9. The molecule has 0 unspecified atom stereocenters. The number of halogens is 4. The van der Waals surface area contributed by atoms with Crippen LogP contribution in [0.1, 0.15) is 73.9 Å². The zero-order valence-corrected chi connectivity index (χ0v) is 19.9. The van der Waals surface area contributed by atoms with Gasteiger partial charge in [0.05, 0.1) is 6.10 Å². The number of fused-ring (bicyclic) bond motifs is 1. The molecule has 0 saturated carbocycles.